The van der Waals surface area contributed by atoms with Crippen molar-refractivity contribution in [2.75, 3.05) is 13.6 Å². The van der Waals surface area contributed by atoms with Crippen molar-refractivity contribution < 1.29 is 18.3 Å². The molecule has 1 N–H and O–H groups in total. The highest BCUT2D eigenvalue weighted by molar-refractivity contribution is 9.10. The number of nitrogens with zero attached hydrogens (tertiary/aromatic N) is 4. The molecule has 8 nitrogen and oxygen atoms in total. The molecule has 0 amide bonds. The van der Waals surface area contributed by atoms with Gasteiger partial charge < -0.3 is 5.11 Å². The smallest absolute Gasteiger partial charge is 0.303 e. The quantitative estimate of drug-likeness (QED) is 0.785. The summed E-state index contributed by atoms with van der Waals surface area (Å²) in [5.41, 5.74) is 0. The molecule has 0 aliphatic heterocycles. The van der Waals surface area contributed by atoms with Crippen molar-refractivity contribution in [3.05, 3.63) is 4.60 Å². The van der Waals surface area contributed by atoms with E-state index in [0.717, 1.165) is 8.99 Å². The number of sulfonamides is 1. The van der Waals surface area contributed by atoms with Crippen LogP contribution >= 0.6 is 15.9 Å². The first-order chi connectivity index (χ1) is 8.26. The first kappa shape index (κ1) is 15.1. The lowest BCUT2D eigenvalue weighted by Gasteiger charge is -2.16. The van der Waals surface area contributed by atoms with Gasteiger partial charge in [0, 0.05) is 27.1 Å². The number of hydrogen-bond donors (Lipinski definition) is 1. The molecule has 0 unspecified atom stereocenters. The first-order valence-electron chi connectivity index (χ1n) is 5.00. The van der Waals surface area contributed by atoms with Gasteiger partial charge in [0.25, 0.3) is 10.0 Å². The molecule has 1 heterocycles. The van der Waals surface area contributed by atoms with Crippen LogP contribution in [0.4, 0.5) is 0 Å². The van der Waals surface area contributed by atoms with Gasteiger partial charge in [0.2, 0.25) is 5.03 Å². The fourth-order valence-electron chi connectivity index (χ4n) is 1.32. The minimum atomic E-state index is -3.72. The minimum absolute atomic E-state index is 0.0553. The molecule has 1 rings (SSSR count). The third kappa shape index (κ3) is 3.27. The molecule has 0 bridgehead atoms. The molecule has 0 aliphatic rings. The summed E-state index contributed by atoms with van der Waals surface area (Å²) < 4.78 is 26.7. The second-order valence-electron chi connectivity index (χ2n) is 3.63. The Morgan fingerprint density at radius 3 is 2.61 bits per heavy atom. The molecule has 0 aromatic carbocycles. The van der Waals surface area contributed by atoms with E-state index in [2.05, 4.69) is 26.2 Å². The van der Waals surface area contributed by atoms with Gasteiger partial charge in [-0.15, -0.1) is 5.10 Å². The summed E-state index contributed by atoms with van der Waals surface area (Å²) in [6.07, 6.45) is 0.165. The molecule has 0 radical (unpaired) electrons. The molecule has 18 heavy (non-hydrogen) atoms. The van der Waals surface area contributed by atoms with Crippen LogP contribution in [0.1, 0.15) is 12.8 Å². The third-order valence-electron chi connectivity index (χ3n) is 2.26. The van der Waals surface area contributed by atoms with E-state index in [1.54, 1.807) is 0 Å². The maximum Gasteiger partial charge on any atom is 0.303 e. The zero-order valence-electron chi connectivity index (χ0n) is 9.87. The monoisotopic (exact) mass is 340 g/mol. The zero-order valence-corrected chi connectivity index (χ0v) is 12.3. The number of carbonyl (C=O) groups is 1. The Labute approximate surface area is 113 Å². The van der Waals surface area contributed by atoms with Crippen LogP contribution in [0.25, 0.3) is 0 Å². The number of carboxylic acid groups (broad SMARTS) is 1. The summed E-state index contributed by atoms with van der Waals surface area (Å²) in [4.78, 5) is 10.4. The molecule has 0 saturated heterocycles. The molecule has 10 heteroatoms. The van der Waals surface area contributed by atoms with Gasteiger partial charge in [-0.2, -0.15) is 4.31 Å². The van der Waals surface area contributed by atoms with Gasteiger partial charge >= 0.3 is 5.97 Å². The van der Waals surface area contributed by atoms with Crippen LogP contribution in [-0.2, 0) is 21.9 Å². The number of aromatic nitrogens is 3. The van der Waals surface area contributed by atoms with Gasteiger partial charge in [-0.3, -0.25) is 4.79 Å². The largest absolute Gasteiger partial charge is 0.481 e. The number of aliphatic carboxylic acids is 1. The van der Waals surface area contributed by atoms with Crippen molar-refractivity contribution in [2.24, 2.45) is 7.05 Å². The molecular formula is C8H13BrN4O4S. The third-order valence-corrected chi connectivity index (χ3v) is 5.00. The van der Waals surface area contributed by atoms with E-state index in [4.69, 9.17) is 5.11 Å². The van der Waals surface area contributed by atoms with Crippen LogP contribution in [0, 0.1) is 0 Å². The average molecular weight is 341 g/mol. The van der Waals surface area contributed by atoms with Crippen LogP contribution in [0.3, 0.4) is 0 Å². The molecule has 0 atom stereocenters. The number of carboxylic acids is 1. The van der Waals surface area contributed by atoms with Crippen molar-refractivity contribution in [1.29, 1.82) is 0 Å². The Balaban J connectivity index is 2.84. The number of rotatable bonds is 6. The van der Waals surface area contributed by atoms with Crippen LogP contribution in [0.15, 0.2) is 9.63 Å². The molecule has 1 aromatic rings. The van der Waals surface area contributed by atoms with Crippen molar-refractivity contribution in [3.8, 4) is 0 Å². The normalized spacial score (nSPS) is 12.0. The topological polar surface area (TPSA) is 105 Å². The molecule has 0 aliphatic carbocycles. The lowest BCUT2D eigenvalue weighted by molar-refractivity contribution is -0.137. The van der Waals surface area contributed by atoms with Gasteiger partial charge in [-0.05, 0) is 22.4 Å². The maximum atomic E-state index is 12.2. The Morgan fingerprint density at radius 2 is 2.17 bits per heavy atom. The van der Waals surface area contributed by atoms with E-state index in [-0.39, 0.29) is 29.0 Å². The summed E-state index contributed by atoms with van der Waals surface area (Å²) in [5.74, 6) is -0.954. The highest BCUT2D eigenvalue weighted by Crippen LogP contribution is 2.21. The van der Waals surface area contributed by atoms with E-state index in [1.165, 1.54) is 14.1 Å². The molecule has 0 saturated carbocycles. The zero-order chi connectivity index (χ0) is 13.9. The standard InChI is InChI=1S/C8H13BrN4O4S/c1-12(5-3-4-6(14)15)18(16,17)8-7(9)10-11-13(8)2/h3-5H2,1-2H3,(H,14,15). The molecule has 0 spiro atoms. The average Bonchev–Trinajstić information content (AvgIpc) is 2.58. The Kier molecular flexibility index (Phi) is 4.82. The number of hydrogen-bond acceptors (Lipinski definition) is 5. The van der Waals surface area contributed by atoms with Crippen molar-refractivity contribution >= 4 is 31.9 Å². The molecule has 1 aromatic heterocycles. The van der Waals surface area contributed by atoms with E-state index >= 15 is 0 Å². The van der Waals surface area contributed by atoms with E-state index in [9.17, 15) is 13.2 Å². The van der Waals surface area contributed by atoms with Gasteiger partial charge in [-0.1, -0.05) is 5.21 Å². The Bertz CT molecular complexity index is 522. The molecule has 0 fully saturated rings. The Morgan fingerprint density at radius 1 is 1.56 bits per heavy atom. The summed E-state index contributed by atoms with van der Waals surface area (Å²) in [6, 6.07) is 0. The van der Waals surface area contributed by atoms with Gasteiger partial charge in [0.15, 0.2) is 4.60 Å². The van der Waals surface area contributed by atoms with Crippen LogP contribution in [0.5, 0.6) is 0 Å². The van der Waals surface area contributed by atoms with Crippen molar-refractivity contribution in [3.63, 3.8) is 0 Å². The van der Waals surface area contributed by atoms with Crippen molar-refractivity contribution in [2.45, 2.75) is 17.9 Å². The second-order valence-corrected chi connectivity index (χ2v) is 6.34. The fraction of sp³-hybridized carbons (Fsp3) is 0.625. The second kappa shape index (κ2) is 5.76. The predicted octanol–water partition coefficient (Wildman–Crippen LogP) is 0.0629. The van der Waals surface area contributed by atoms with Gasteiger partial charge in [-0.25, -0.2) is 13.1 Å². The first-order valence-corrected chi connectivity index (χ1v) is 7.23. The van der Waals surface area contributed by atoms with Gasteiger partial charge in [0.05, 0.1) is 0 Å². The summed E-state index contributed by atoms with van der Waals surface area (Å²) >= 11 is 3.02. The predicted molar refractivity (Wildman–Crippen MR) is 65.4 cm³/mol. The van der Waals surface area contributed by atoms with E-state index < -0.39 is 16.0 Å². The highest BCUT2D eigenvalue weighted by atomic mass is 79.9. The van der Waals surface area contributed by atoms with E-state index in [1.807, 2.05) is 0 Å². The highest BCUT2D eigenvalue weighted by Gasteiger charge is 2.28. The van der Waals surface area contributed by atoms with Crippen LogP contribution < -0.4 is 0 Å². The number of halogens is 1. The van der Waals surface area contributed by atoms with Crippen LogP contribution in [0.2, 0.25) is 0 Å². The van der Waals surface area contributed by atoms with Crippen molar-refractivity contribution in [1.82, 2.24) is 19.3 Å². The molecular weight excluding hydrogens is 328 g/mol. The Hall–Kier alpha value is -1.00. The fourth-order valence-corrected chi connectivity index (χ4v) is 3.55. The number of aryl methyl sites for hydroxylation is 1. The lowest BCUT2D eigenvalue weighted by atomic mass is 10.3. The van der Waals surface area contributed by atoms with E-state index in [0.29, 0.717) is 0 Å². The SMILES string of the molecule is CN(CCCC(=O)O)S(=O)(=O)c1c(Br)nnn1C. The van der Waals surface area contributed by atoms with Gasteiger partial charge in [0.1, 0.15) is 0 Å². The summed E-state index contributed by atoms with van der Waals surface area (Å²) in [7, 11) is -0.870. The lowest BCUT2D eigenvalue weighted by Crippen LogP contribution is -2.30. The van der Waals surface area contributed by atoms with Crippen LogP contribution in [-0.4, -0.2) is 52.4 Å². The summed E-state index contributed by atoms with van der Waals surface area (Å²) in [6.45, 7) is 0.117. The summed E-state index contributed by atoms with van der Waals surface area (Å²) in [5, 5.41) is 15.6. The molecule has 102 valence electrons. The minimum Gasteiger partial charge on any atom is -0.481 e. The maximum absolute atomic E-state index is 12.2.